The maximum Gasteiger partial charge on any atom is 0.252 e. The van der Waals surface area contributed by atoms with Gasteiger partial charge < -0.3 is 14.8 Å². The third-order valence-corrected chi connectivity index (χ3v) is 3.67. The summed E-state index contributed by atoms with van der Waals surface area (Å²) in [6.07, 6.45) is -0.402. The molecule has 6 heteroatoms. The van der Waals surface area contributed by atoms with Crippen molar-refractivity contribution in [2.75, 3.05) is 19.8 Å². The van der Waals surface area contributed by atoms with Crippen molar-refractivity contribution in [3.63, 3.8) is 0 Å². The van der Waals surface area contributed by atoms with E-state index in [0.717, 1.165) is 8.04 Å². The lowest BCUT2D eigenvalue weighted by Gasteiger charge is -2.17. The number of benzene rings is 1. The zero-order chi connectivity index (χ0) is 14.3. The van der Waals surface area contributed by atoms with Gasteiger partial charge in [-0.05, 0) is 70.6 Å². The molecular formula is C13H17BrINO3. The average Bonchev–Trinajstić information content (AvgIpc) is 2.39. The van der Waals surface area contributed by atoms with Crippen LogP contribution >= 0.6 is 38.5 Å². The molecule has 1 aromatic rings. The van der Waals surface area contributed by atoms with Gasteiger partial charge in [0.15, 0.2) is 6.29 Å². The lowest BCUT2D eigenvalue weighted by molar-refractivity contribution is -0.131. The average molecular weight is 442 g/mol. The van der Waals surface area contributed by atoms with E-state index in [1.54, 1.807) is 0 Å². The minimum Gasteiger partial charge on any atom is -0.351 e. The van der Waals surface area contributed by atoms with Crippen molar-refractivity contribution < 1.29 is 14.3 Å². The van der Waals surface area contributed by atoms with E-state index < -0.39 is 6.29 Å². The summed E-state index contributed by atoms with van der Waals surface area (Å²) in [5, 5.41) is 2.81. The number of halogens is 2. The molecule has 0 aliphatic carbocycles. The molecule has 0 radical (unpaired) electrons. The van der Waals surface area contributed by atoms with E-state index in [1.165, 1.54) is 0 Å². The summed E-state index contributed by atoms with van der Waals surface area (Å²) in [7, 11) is 0. The first-order chi connectivity index (χ1) is 9.08. The van der Waals surface area contributed by atoms with Crippen molar-refractivity contribution in [3.05, 3.63) is 31.8 Å². The number of amides is 1. The summed E-state index contributed by atoms with van der Waals surface area (Å²) >= 11 is 5.55. The van der Waals surface area contributed by atoms with Crippen LogP contribution in [-0.2, 0) is 9.47 Å². The van der Waals surface area contributed by atoms with Crippen molar-refractivity contribution in [1.29, 1.82) is 0 Å². The van der Waals surface area contributed by atoms with Crippen molar-refractivity contribution in [1.82, 2.24) is 5.32 Å². The van der Waals surface area contributed by atoms with E-state index in [2.05, 4.69) is 43.8 Å². The van der Waals surface area contributed by atoms with Gasteiger partial charge in [0.1, 0.15) is 0 Å². The Bertz CT molecular complexity index is 422. The fraction of sp³-hybridized carbons (Fsp3) is 0.462. The summed E-state index contributed by atoms with van der Waals surface area (Å²) in [4.78, 5) is 12.1. The van der Waals surface area contributed by atoms with Crippen LogP contribution in [0.3, 0.4) is 0 Å². The molecule has 106 valence electrons. The fourth-order valence-corrected chi connectivity index (χ4v) is 2.40. The maximum atomic E-state index is 12.1. The van der Waals surface area contributed by atoms with Crippen LogP contribution in [0.15, 0.2) is 22.7 Å². The Morgan fingerprint density at radius 2 is 2.00 bits per heavy atom. The van der Waals surface area contributed by atoms with Crippen molar-refractivity contribution in [2.24, 2.45) is 0 Å². The molecule has 1 amide bonds. The SMILES string of the molecule is CCOC(CNC(=O)c1cc(I)ccc1Br)OCC. The van der Waals surface area contributed by atoms with Crippen LogP contribution in [-0.4, -0.2) is 32.0 Å². The zero-order valence-electron chi connectivity index (χ0n) is 10.9. The molecular weight excluding hydrogens is 425 g/mol. The van der Waals surface area contributed by atoms with Crippen molar-refractivity contribution in [2.45, 2.75) is 20.1 Å². The quantitative estimate of drug-likeness (QED) is 0.522. The summed E-state index contributed by atoms with van der Waals surface area (Å²) < 4.78 is 12.5. The molecule has 0 saturated carbocycles. The number of nitrogens with one attached hydrogen (secondary N) is 1. The predicted octanol–water partition coefficient (Wildman–Crippen LogP) is 3.18. The van der Waals surface area contributed by atoms with Gasteiger partial charge in [-0.1, -0.05) is 0 Å². The van der Waals surface area contributed by atoms with Gasteiger partial charge in [0.2, 0.25) is 0 Å². The van der Waals surface area contributed by atoms with Gasteiger partial charge in [0, 0.05) is 21.3 Å². The molecule has 0 aromatic heterocycles. The zero-order valence-corrected chi connectivity index (χ0v) is 14.7. The Balaban J connectivity index is 2.61. The lowest BCUT2D eigenvalue weighted by Crippen LogP contribution is -2.35. The standard InChI is InChI=1S/C13H17BrINO3/c1-3-18-12(19-4-2)8-16-13(17)10-7-9(15)5-6-11(10)14/h5-7,12H,3-4,8H2,1-2H3,(H,16,17). The molecule has 0 heterocycles. The van der Waals surface area contributed by atoms with E-state index in [-0.39, 0.29) is 5.91 Å². The highest BCUT2D eigenvalue weighted by Crippen LogP contribution is 2.19. The second kappa shape index (κ2) is 8.89. The Morgan fingerprint density at radius 3 is 2.58 bits per heavy atom. The van der Waals surface area contributed by atoms with E-state index in [0.29, 0.717) is 25.3 Å². The molecule has 0 aliphatic rings. The smallest absolute Gasteiger partial charge is 0.252 e. The van der Waals surface area contributed by atoms with Crippen LogP contribution in [0.1, 0.15) is 24.2 Å². The highest BCUT2D eigenvalue weighted by atomic mass is 127. The topological polar surface area (TPSA) is 47.6 Å². The first kappa shape index (κ1) is 16.9. The van der Waals surface area contributed by atoms with Gasteiger partial charge in [-0.2, -0.15) is 0 Å². The molecule has 0 fully saturated rings. The molecule has 1 N–H and O–H groups in total. The molecule has 0 bridgehead atoms. The van der Waals surface area contributed by atoms with Crippen LogP contribution in [0.25, 0.3) is 0 Å². The second-order valence-electron chi connectivity index (χ2n) is 3.67. The number of hydrogen-bond donors (Lipinski definition) is 1. The van der Waals surface area contributed by atoms with Crippen molar-refractivity contribution in [3.8, 4) is 0 Å². The molecule has 1 aromatic carbocycles. The van der Waals surface area contributed by atoms with Gasteiger partial charge in [-0.15, -0.1) is 0 Å². The highest BCUT2D eigenvalue weighted by Gasteiger charge is 2.13. The molecule has 0 aliphatic heterocycles. The number of hydrogen-bond acceptors (Lipinski definition) is 3. The minimum absolute atomic E-state index is 0.144. The molecule has 1 rings (SSSR count). The molecule has 19 heavy (non-hydrogen) atoms. The monoisotopic (exact) mass is 441 g/mol. The highest BCUT2D eigenvalue weighted by molar-refractivity contribution is 14.1. The predicted molar refractivity (Wildman–Crippen MR) is 86.2 cm³/mol. The van der Waals surface area contributed by atoms with E-state index >= 15 is 0 Å². The fourth-order valence-electron chi connectivity index (χ4n) is 1.48. The minimum atomic E-state index is -0.402. The number of carbonyl (C=O) groups is 1. The number of ether oxygens (including phenoxy) is 2. The first-order valence-electron chi connectivity index (χ1n) is 6.04. The van der Waals surface area contributed by atoms with E-state index in [9.17, 15) is 4.79 Å². The van der Waals surface area contributed by atoms with Gasteiger partial charge in [-0.3, -0.25) is 4.79 Å². The van der Waals surface area contributed by atoms with E-state index in [1.807, 2.05) is 32.0 Å². The summed E-state index contributed by atoms with van der Waals surface area (Å²) in [6.45, 7) is 5.22. The van der Waals surface area contributed by atoms with Crippen molar-refractivity contribution >= 4 is 44.4 Å². The molecule has 0 saturated heterocycles. The molecule has 0 unspecified atom stereocenters. The third kappa shape index (κ3) is 5.76. The largest absolute Gasteiger partial charge is 0.351 e. The van der Waals surface area contributed by atoms with Gasteiger partial charge >= 0.3 is 0 Å². The molecule has 4 nitrogen and oxygen atoms in total. The Morgan fingerprint density at radius 1 is 1.37 bits per heavy atom. The molecule has 0 atom stereocenters. The third-order valence-electron chi connectivity index (χ3n) is 2.31. The Labute approximate surface area is 135 Å². The number of rotatable bonds is 7. The van der Waals surface area contributed by atoms with Gasteiger partial charge in [-0.25, -0.2) is 0 Å². The first-order valence-corrected chi connectivity index (χ1v) is 7.92. The Hall–Kier alpha value is -0.180. The van der Waals surface area contributed by atoms with E-state index in [4.69, 9.17) is 9.47 Å². The van der Waals surface area contributed by atoms with Crippen LogP contribution < -0.4 is 5.32 Å². The maximum absolute atomic E-state index is 12.1. The summed E-state index contributed by atoms with van der Waals surface area (Å²) in [5.41, 5.74) is 0.610. The lowest BCUT2D eigenvalue weighted by atomic mass is 10.2. The Kier molecular flexibility index (Phi) is 7.89. The molecule has 0 spiro atoms. The van der Waals surface area contributed by atoms with Crippen LogP contribution in [0.2, 0.25) is 0 Å². The van der Waals surface area contributed by atoms with Gasteiger partial charge in [0.25, 0.3) is 5.91 Å². The van der Waals surface area contributed by atoms with Crippen LogP contribution in [0.4, 0.5) is 0 Å². The van der Waals surface area contributed by atoms with Crippen LogP contribution in [0, 0.1) is 3.57 Å². The van der Waals surface area contributed by atoms with Gasteiger partial charge in [0.05, 0.1) is 12.1 Å². The second-order valence-corrected chi connectivity index (χ2v) is 5.77. The summed E-state index contributed by atoms with van der Waals surface area (Å²) in [5.74, 6) is -0.144. The summed E-state index contributed by atoms with van der Waals surface area (Å²) in [6, 6.07) is 5.63. The normalized spacial score (nSPS) is 10.8. The number of carbonyl (C=O) groups excluding carboxylic acids is 1. The van der Waals surface area contributed by atoms with Crippen LogP contribution in [0.5, 0.6) is 0 Å².